The van der Waals surface area contributed by atoms with Gasteiger partial charge in [0.2, 0.25) is 0 Å². The van der Waals surface area contributed by atoms with E-state index in [4.69, 9.17) is 9.47 Å². The molecule has 0 spiro atoms. The molecule has 0 fully saturated rings. The first kappa shape index (κ1) is 15.5. The van der Waals surface area contributed by atoms with E-state index in [0.29, 0.717) is 19.8 Å². The number of aryl methyl sites for hydroxylation is 1. The number of carbonyl (C=O) groups excluding carboxylic acids is 1. The Bertz CT molecular complexity index is 404. The minimum atomic E-state index is -0.0996. The van der Waals surface area contributed by atoms with Gasteiger partial charge >= 0.3 is 0 Å². The number of ether oxygens (including phenoxy) is 2. The van der Waals surface area contributed by atoms with Gasteiger partial charge in [0, 0.05) is 19.8 Å². The van der Waals surface area contributed by atoms with Crippen LogP contribution in [0.5, 0.6) is 5.75 Å². The van der Waals surface area contributed by atoms with Gasteiger partial charge in [0.25, 0.3) is 5.91 Å². The van der Waals surface area contributed by atoms with E-state index in [1.165, 1.54) is 0 Å². The van der Waals surface area contributed by atoms with Crippen molar-refractivity contribution in [2.24, 2.45) is 0 Å². The van der Waals surface area contributed by atoms with E-state index in [9.17, 15) is 4.79 Å². The molecule has 106 valence electrons. The van der Waals surface area contributed by atoms with Crippen LogP contribution in [0.15, 0.2) is 18.2 Å². The van der Waals surface area contributed by atoms with E-state index < -0.39 is 0 Å². The van der Waals surface area contributed by atoms with Crippen LogP contribution in [-0.4, -0.2) is 32.3 Å². The van der Waals surface area contributed by atoms with Crippen molar-refractivity contribution in [3.05, 3.63) is 29.3 Å². The molecule has 1 aromatic rings. The molecule has 0 bridgehead atoms. The molecule has 0 aliphatic carbocycles. The molecular weight excluding hydrogens is 242 g/mol. The van der Waals surface area contributed by atoms with Gasteiger partial charge in [-0.1, -0.05) is 12.1 Å². The summed E-state index contributed by atoms with van der Waals surface area (Å²) in [5.41, 5.74) is 2.24. The first-order chi connectivity index (χ1) is 9.15. The van der Waals surface area contributed by atoms with E-state index in [1.807, 2.05) is 39.0 Å². The van der Waals surface area contributed by atoms with Crippen LogP contribution >= 0.6 is 0 Å². The first-order valence-corrected chi connectivity index (χ1v) is 6.68. The summed E-state index contributed by atoms with van der Waals surface area (Å²) >= 11 is 0. The van der Waals surface area contributed by atoms with Crippen LogP contribution in [0.2, 0.25) is 0 Å². The highest BCUT2D eigenvalue weighted by atomic mass is 16.5. The average molecular weight is 265 g/mol. The van der Waals surface area contributed by atoms with Crippen molar-refractivity contribution in [3.8, 4) is 5.75 Å². The standard InChI is InChI=1S/C15H23NO3/c1-4-18-10-6-9-16-15(17)11-19-14-8-5-7-12(2)13(14)3/h5,7-8H,4,6,9-11H2,1-3H3,(H,16,17). The molecule has 1 N–H and O–H groups in total. The summed E-state index contributed by atoms with van der Waals surface area (Å²) < 4.78 is 10.7. The van der Waals surface area contributed by atoms with E-state index in [-0.39, 0.29) is 12.5 Å². The zero-order valence-corrected chi connectivity index (χ0v) is 12.0. The predicted octanol–water partition coefficient (Wildman–Crippen LogP) is 2.23. The second-order valence-electron chi connectivity index (χ2n) is 4.39. The van der Waals surface area contributed by atoms with Crippen LogP contribution in [-0.2, 0) is 9.53 Å². The molecule has 1 rings (SSSR count). The highest BCUT2D eigenvalue weighted by Gasteiger charge is 2.05. The molecular formula is C15H23NO3. The minimum Gasteiger partial charge on any atom is -0.483 e. The number of rotatable bonds is 8. The summed E-state index contributed by atoms with van der Waals surface area (Å²) in [4.78, 5) is 11.6. The van der Waals surface area contributed by atoms with Crippen LogP contribution in [0.1, 0.15) is 24.5 Å². The first-order valence-electron chi connectivity index (χ1n) is 6.68. The van der Waals surface area contributed by atoms with Gasteiger partial charge in [-0.15, -0.1) is 0 Å². The normalized spacial score (nSPS) is 10.3. The quantitative estimate of drug-likeness (QED) is 0.733. The molecule has 4 heteroatoms. The number of hydrogen-bond donors (Lipinski definition) is 1. The van der Waals surface area contributed by atoms with Crippen molar-refractivity contribution in [2.75, 3.05) is 26.4 Å². The monoisotopic (exact) mass is 265 g/mol. The molecule has 0 saturated heterocycles. The van der Waals surface area contributed by atoms with Crippen LogP contribution in [0, 0.1) is 13.8 Å². The Hall–Kier alpha value is -1.55. The van der Waals surface area contributed by atoms with Gasteiger partial charge in [0.1, 0.15) is 5.75 Å². The molecule has 1 amide bonds. The number of benzene rings is 1. The third kappa shape index (κ3) is 5.75. The lowest BCUT2D eigenvalue weighted by molar-refractivity contribution is -0.123. The maximum absolute atomic E-state index is 11.6. The second-order valence-corrected chi connectivity index (χ2v) is 4.39. The lowest BCUT2D eigenvalue weighted by Gasteiger charge is -2.11. The van der Waals surface area contributed by atoms with Gasteiger partial charge < -0.3 is 14.8 Å². The summed E-state index contributed by atoms with van der Waals surface area (Å²) in [7, 11) is 0. The van der Waals surface area contributed by atoms with Crippen molar-refractivity contribution < 1.29 is 14.3 Å². The largest absolute Gasteiger partial charge is 0.483 e. The fourth-order valence-corrected chi connectivity index (χ4v) is 1.62. The van der Waals surface area contributed by atoms with E-state index >= 15 is 0 Å². The van der Waals surface area contributed by atoms with Crippen LogP contribution in [0.3, 0.4) is 0 Å². The maximum Gasteiger partial charge on any atom is 0.257 e. The molecule has 0 aromatic heterocycles. The van der Waals surface area contributed by atoms with Gasteiger partial charge in [-0.3, -0.25) is 4.79 Å². The summed E-state index contributed by atoms with van der Waals surface area (Å²) in [5, 5.41) is 2.80. The number of amides is 1. The summed E-state index contributed by atoms with van der Waals surface area (Å²) in [6, 6.07) is 5.83. The third-order valence-electron chi connectivity index (χ3n) is 2.91. The Morgan fingerprint density at radius 1 is 1.32 bits per heavy atom. The molecule has 1 aromatic carbocycles. The van der Waals surface area contributed by atoms with Gasteiger partial charge in [-0.05, 0) is 44.4 Å². The molecule has 0 aliphatic heterocycles. The smallest absolute Gasteiger partial charge is 0.257 e. The molecule has 0 aliphatic rings. The van der Waals surface area contributed by atoms with Gasteiger partial charge in [-0.2, -0.15) is 0 Å². The molecule has 0 saturated carbocycles. The molecule has 0 radical (unpaired) electrons. The van der Waals surface area contributed by atoms with Gasteiger partial charge in [-0.25, -0.2) is 0 Å². The van der Waals surface area contributed by atoms with Gasteiger partial charge in [0.05, 0.1) is 0 Å². The van der Waals surface area contributed by atoms with E-state index in [0.717, 1.165) is 23.3 Å². The lowest BCUT2D eigenvalue weighted by atomic mass is 10.1. The van der Waals surface area contributed by atoms with E-state index in [2.05, 4.69) is 5.32 Å². The Kier molecular flexibility index (Phi) is 6.97. The second kappa shape index (κ2) is 8.53. The van der Waals surface area contributed by atoms with Crippen molar-refractivity contribution in [1.29, 1.82) is 0 Å². The lowest BCUT2D eigenvalue weighted by Crippen LogP contribution is -2.30. The Balaban J connectivity index is 2.24. The Morgan fingerprint density at radius 2 is 2.11 bits per heavy atom. The summed E-state index contributed by atoms with van der Waals surface area (Å²) in [6.07, 6.45) is 0.822. The average Bonchev–Trinajstić information content (AvgIpc) is 2.40. The molecule has 4 nitrogen and oxygen atoms in total. The summed E-state index contributed by atoms with van der Waals surface area (Å²) in [6.45, 7) is 8.03. The molecule has 0 atom stereocenters. The van der Waals surface area contributed by atoms with Crippen molar-refractivity contribution >= 4 is 5.91 Å². The van der Waals surface area contributed by atoms with Crippen LogP contribution in [0.4, 0.5) is 0 Å². The Morgan fingerprint density at radius 3 is 2.84 bits per heavy atom. The fourth-order valence-electron chi connectivity index (χ4n) is 1.62. The SMILES string of the molecule is CCOCCCNC(=O)COc1cccc(C)c1C. The zero-order valence-electron chi connectivity index (χ0n) is 12.0. The third-order valence-corrected chi connectivity index (χ3v) is 2.91. The molecule has 19 heavy (non-hydrogen) atoms. The molecule has 0 heterocycles. The highest BCUT2D eigenvalue weighted by molar-refractivity contribution is 5.77. The zero-order chi connectivity index (χ0) is 14.1. The van der Waals surface area contributed by atoms with Crippen molar-refractivity contribution in [2.45, 2.75) is 27.2 Å². The Labute approximate surface area is 115 Å². The van der Waals surface area contributed by atoms with Crippen molar-refractivity contribution in [3.63, 3.8) is 0 Å². The minimum absolute atomic E-state index is 0.0545. The number of hydrogen-bond acceptors (Lipinski definition) is 3. The number of carbonyl (C=O) groups is 1. The topological polar surface area (TPSA) is 47.6 Å². The van der Waals surface area contributed by atoms with Gasteiger partial charge in [0.15, 0.2) is 6.61 Å². The maximum atomic E-state index is 11.6. The predicted molar refractivity (Wildman–Crippen MR) is 75.5 cm³/mol. The highest BCUT2D eigenvalue weighted by Crippen LogP contribution is 2.20. The fraction of sp³-hybridized carbons (Fsp3) is 0.533. The number of nitrogens with one attached hydrogen (secondary N) is 1. The van der Waals surface area contributed by atoms with Crippen LogP contribution in [0.25, 0.3) is 0 Å². The van der Waals surface area contributed by atoms with Crippen LogP contribution < -0.4 is 10.1 Å². The molecule has 0 unspecified atom stereocenters. The summed E-state index contributed by atoms with van der Waals surface area (Å²) in [5.74, 6) is 0.668. The van der Waals surface area contributed by atoms with Crippen molar-refractivity contribution in [1.82, 2.24) is 5.32 Å². The van der Waals surface area contributed by atoms with E-state index in [1.54, 1.807) is 0 Å².